The molecule has 2 aromatic rings. The Labute approximate surface area is 99.2 Å². The van der Waals surface area contributed by atoms with Gasteiger partial charge >= 0.3 is 0 Å². The predicted octanol–water partition coefficient (Wildman–Crippen LogP) is 3.47. The molecule has 0 saturated heterocycles. The zero-order chi connectivity index (χ0) is 11.2. The van der Waals surface area contributed by atoms with Gasteiger partial charge in [0.1, 0.15) is 5.01 Å². The fourth-order valence-electron chi connectivity index (χ4n) is 1.34. The molecule has 1 aromatic carbocycles. The average Bonchev–Trinajstić information content (AvgIpc) is 2.79. The van der Waals surface area contributed by atoms with Gasteiger partial charge in [0.25, 0.3) is 0 Å². The molecule has 0 aliphatic carbocycles. The van der Waals surface area contributed by atoms with E-state index in [4.69, 9.17) is 4.74 Å². The SMILES string of the molecule is COC/C=C/c1cnc(-c2ccccc2)s1. The lowest BCUT2D eigenvalue weighted by molar-refractivity contribution is 0.234. The van der Waals surface area contributed by atoms with Crippen molar-refractivity contribution in [1.29, 1.82) is 0 Å². The lowest BCUT2D eigenvalue weighted by Gasteiger charge is -1.92. The lowest BCUT2D eigenvalue weighted by atomic mass is 10.2. The molecule has 0 atom stereocenters. The van der Waals surface area contributed by atoms with E-state index < -0.39 is 0 Å². The van der Waals surface area contributed by atoms with Crippen LogP contribution in [0.15, 0.2) is 42.6 Å². The van der Waals surface area contributed by atoms with Crippen molar-refractivity contribution in [2.75, 3.05) is 13.7 Å². The number of nitrogens with zero attached hydrogens (tertiary/aromatic N) is 1. The van der Waals surface area contributed by atoms with Crippen LogP contribution in [0.5, 0.6) is 0 Å². The van der Waals surface area contributed by atoms with Crippen LogP contribution in [0.25, 0.3) is 16.6 Å². The first-order chi connectivity index (χ1) is 7.90. The van der Waals surface area contributed by atoms with Crippen molar-refractivity contribution in [1.82, 2.24) is 4.98 Å². The van der Waals surface area contributed by atoms with Crippen molar-refractivity contribution in [3.8, 4) is 10.6 Å². The number of methoxy groups -OCH3 is 1. The summed E-state index contributed by atoms with van der Waals surface area (Å²) in [6, 6.07) is 10.2. The Balaban J connectivity index is 2.14. The molecular formula is C13H13NOS. The van der Waals surface area contributed by atoms with Crippen molar-refractivity contribution in [3.63, 3.8) is 0 Å². The van der Waals surface area contributed by atoms with Crippen LogP contribution >= 0.6 is 11.3 Å². The average molecular weight is 231 g/mol. The first kappa shape index (κ1) is 11.0. The molecule has 2 nitrogen and oxygen atoms in total. The molecule has 0 fully saturated rings. The van der Waals surface area contributed by atoms with E-state index in [1.54, 1.807) is 18.4 Å². The number of thiazole rings is 1. The van der Waals surface area contributed by atoms with Gasteiger partial charge in [-0.15, -0.1) is 11.3 Å². The highest BCUT2D eigenvalue weighted by atomic mass is 32.1. The number of hydrogen-bond acceptors (Lipinski definition) is 3. The van der Waals surface area contributed by atoms with Gasteiger partial charge in [0.15, 0.2) is 0 Å². The Kier molecular flexibility index (Phi) is 3.86. The quantitative estimate of drug-likeness (QED) is 0.803. The molecule has 0 saturated carbocycles. The minimum atomic E-state index is 0.637. The normalized spacial score (nSPS) is 11.1. The van der Waals surface area contributed by atoms with Gasteiger partial charge in [0, 0.05) is 23.7 Å². The topological polar surface area (TPSA) is 22.1 Å². The second kappa shape index (κ2) is 5.58. The van der Waals surface area contributed by atoms with Crippen molar-refractivity contribution >= 4 is 17.4 Å². The highest BCUT2D eigenvalue weighted by Gasteiger charge is 2.01. The highest BCUT2D eigenvalue weighted by Crippen LogP contribution is 2.25. The van der Waals surface area contributed by atoms with E-state index in [0.717, 1.165) is 9.88 Å². The molecular weight excluding hydrogens is 218 g/mol. The maximum Gasteiger partial charge on any atom is 0.123 e. The van der Waals surface area contributed by atoms with Crippen LogP contribution in [0.4, 0.5) is 0 Å². The third-order valence-corrected chi connectivity index (χ3v) is 3.10. The van der Waals surface area contributed by atoms with Gasteiger partial charge in [-0.1, -0.05) is 36.4 Å². The second-order valence-corrected chi connectivity index (χ2v) is 4.35. The zero-order valence-electron chi connectivity index (χ0n) is 9.09. The third-order valence-electron chi connectivity index (χ3n) is 2.09. The summed E-state index contributed by atoms with van der Waals surface area (Å²) in [5.74, 6) is 0. The van der Waals surface area contributed by atoms with E-state index in [1.807, 2.05) is 36.5 Å². The maximum absolute atomic E-state index is 4.95. The Morgan fingerprint density at radius 1 is 1.31 bits per heavy atom. The monoisotopic (exact) mass is 231 g/mol. The largest absolute Gasteiger partial charge is 0.381 e. The van der Waals surface area contributed by atoms with Crippen LogP contribution in [0, 0.1) is 0 Å². The molecule has 1 aromatic heterocycles. The van der Waals surface area contributed by atoms with Crippen molar-refractivity contribution in [3.05, 3.63) is 47.5 Å². The molecule has 3 heteroatoms. The van der Waals surface area contributed by atoms with Crippen molar-refractivity contribution < 1.29 is 4.74 Å². The smallest absolute Gasteiger partial charge is 0.123 e. The van der Waals surface area contributed by atoms with Crippen LogP contribution in [-0.4, -0.2) is 18.7 Å². The minimum Gasteiger partial charge on any atom is -0.381 e. The van der Waals surface area contributed by atoms with Gasteiger partial charge in [0.2, 0.25) is 0 Å². The Hall–Kier alpha value is -1.45. The van der Waals surface area contributed by atoms with Crippen molar-refractivity contribution in [2.45, 2.75) is 0 Å². The fraction of sp³-hybridized carbons (Fsp3) is 0.154. The first-order valence-corrected chi connectivity index (χ1v) is 5.88. The van der Waals surface area contributed by atoms with E-state index in [9.17, 15) is 0 Å². The first-order valence-electron chi connectivity index (χ1n) is 5.07. The molecule has 0 spiro atoms. The molecule has 0 amide bonds. The molecule has 2 rings (SSSR count). The highest BCUT2D eigenvalue weighted by molar-refractivity contribution is 7.15. The Morgan fingerprint density at radius 3 is 2.88 bits per heavy atom. The van der Waals surface area contributed by atoms with E-state index >= 15 is 0 Å². The summed E-state index contributed by atoms with van der Waals surface area (Å²) in [6.07, 6.45) is 5.91. The number of ether oxygens (including phenoxy) is 1. The summed E-state index contributed by atoms with van der Waals surface area (Å²) in [5, 5.41) is 1.05. The molecule has 1 heterocycles. The van der Waals surface area contributed by atoms with Crippen molar-refractivity contribution in [2.24, 2.45) is 0 Å². The summed E-state index contributed by atoms with van der Waals surface area (Å²) in [4.78, 5) is 5.54. The third kappa shape index (κ3) is 2.78. The fourth-order valence-corrected chi connectivity index (χ4v) is 2.19. The molecule has 0 unspecified atom stereocenters. The van der Waals surface area contributed by atoms with E-state index in [0.29, 0.717) is 6.61 Å². The molecule has 82 valence electrons. The van der Waals surface area contributed by atoms with Gasteiger partial charge in [0.05, 0.1) is 6.61 Å². The summed E-state index contributed by atoms with van der Waals surface area (Å²) >= 11 is 1.68. The number of rotatable bonds is 4. The summed E-state index contributed by atoms with van der Waals surface area (Å²) in [7, 11) is 1.69. The van der Waals surface area contributed by atoms with Crippen LogP contribution in [0.1, 0.15) is 4.88 Å². The van der Waals surface area contributed by atoms with Gasteiger partial charge in [-0.05, 0) is 6.08 Å². The molecule has 0 N–H and O–H groups in total. The van der Waals surface area contributed by atoms with Crippen LogP contribution in [0.3, 0.4) is 0 Å². The van der Waals surface area contributed by atoms with Gasteiger partial charge in [-0.3, -0.25) is 0 Å². The van der Waals surface area contributed by atoms with E-state index in [1.165, 1.54) is 5.56 Å². The number of benzene rings is 1. The minimum absolute atomic E-state index is 0.637. The maximum atomic E-state index is 4.95. The van der Waals surface area contributed by atoms with Crippen LogP contribution < -0.4 is 0 Å². The number of hydrogen-bond donors (Lipinski definition) is 0. The van der Waals surface area contributed by atoms with Gasteiger partial charge in [-0.2, -0.15) is 0 Å². The lowest BCUT2D eigenvalue weighted by Crippen LogP contribution is -1.78. The summed E-state index contributed by atoms with van der Waals surface area (Å²) in [5.41, 5.74) is 1.17. The molecule has 16 heavy (non-hydrogen) atoms. The second-order valence-electron chi connectivity index (χ2n) is 3.29. The van der Waals surface area contributed by atoms with Gasteiger partial charge < -0.3 is 4.74 Å². The summed E-state index contributed by atoms with van der Waals surface area (Å²) in [6.45, 7) is 0.637. The Bertz CT molecular complexity index is 462. The van der Waals surface area contributed by atoms with Gasteiger partial charge in [-0.25, -0.2) is 4.98 Å². The predicted molar refractivity (Wildman–Crippen MR) is 68.5 cm³/mol. The van der Waals surface area contributed by atoms with Crippen LogP contribution in [0.2, 0.25) is 0 Å². The number of aromatic nitrogens is 1. The molecule has 0 radical (unpaired) electrons. The Morgan fingerprint density at radius 2 is 2.12 bits per heavy atom. The molecule has 0 aliphatic rings. The standard InChI is InChI=1S/C13H13NOS/c1-15-9-5-8-12-10-14-13(16-12)11-6-3-2-4-7-11/h2-8,10H,9H2,1H3/b8-5+. The van der Waals surface area contributed by atoms with Crippen LogP contribution in [-0.2, 0) is 4.74 Å². The van der Waals surface area contributed by atoms with E-state index in [2.05, 4.69) is 17.1 Å². The zero-order valence-corrected chi connectivity index (χ0v) is 9.91. The molecule has 0 aliphatic heterocycles. The molecule has 0 bridgehead atoms. The summed E-state index contributed by atoms with van der Waals surface area (Å²) < 4.78 is 4.95. The van der Waals surface area contributed by atoms with E-state index in [-0.39, 0.29) is 0 Å².